The van der Waals surface area contributed by atoms with E-state index in [0.717, 1.165) is 63.5 Å². The molecule has 34 heavy (non-hydrogen) atoms. The smallest absolute Gasteiger partial charge is 0.339 e. The van der Waals surface area contributed by atoms with Gasteiger partial charge in [0.1, 0.15) is 0 Å². The second-order valence-electron chi connectivity index (χ2n) is 8.55. The Morgan fingerprint density at radius 3 is 1.59 bits per heavy atom. The van der Waals surface area contributed by atoms with E-state index in [1.165, 1.54) is 0 Å². The summed E-state index contributed by atoms with van der Waals surface area (Å²) in [7, 11) is 0. The summed E-state index contributed by atoms with van der Waals surface area (Å²) in [6.45, 7) is 8.26. The van der Waals surface area contributed by atoms with E-state index in [0.29, 0.717) is 0 Å². The Hall–Kier alpha value is -2.90. The van der Waals surface area contributed by atoms with E-state index in [1.54, 1.807) is 0 Å². The van der Waals surface area contributed by atoms with Gasteiger partial charge in [0.05, 0.1) is 35.5 Å². The summed E-state index contributed by atoms with van der Waals surface area (Å²) in [5.74, 6) is -4.85. The number of ether oxygens (including phenoxy) is 2. The molecule has 8 heteroatoms. The molecule has 190 valence electrons. The first-order valence-electron chi connectivity index (χ1n) is 12.2. The summed E-state index contributed by atoms with van der Waals surface area (Å²) >= 11 is 0. The number of aromatic carboxylic acids is 2. The summed E-state index contributed by atoms with van der Waals surface area (Å²) in [5.41, 5.74) is -2.25. The lowest BCUT2D eigenvalue weighted by Gasteiger charge is -2.18. The summed E-state index contributed by atoms with van der Waals surface area (Å²) in [6.07, 6.45) is 7.23. The van der Waals surface area contributed by atoms with E-state index >= 15 is 0 Å². The molecule has 0 bridgehead atoms. The van der Waals surface area contributed by atoms with Gasteiger partial charge in [0.15, 0.2) is 0 Å². The fourth-order valence-electron chi connectivity index (χ4n) is 3.72. The average Bonchev–Trinajstić information content (AvgIpc) is 2.82. The van der Waals surface area contributed by atoms with Crippen LogP contribution < -0.4 is 0 Å². The van der Waals surface area contributed by atoms with Crippen LogP contribution in [0.15, 0.2) is 12.1 Å². The van der Waals surface area contributed by atoms with Gasteiger partial charge in [0.25, 0.3) is 0 Å². The van der Waals surface area contributed by atoms with E-state index in [1.807, 2.05) is 13.8 Å². The van der Waals surface area contributed by atoms with Crippen molar-refractivity contribution in [3.05, 3.63) is 34.4 Å². The highest BCUT2D eigenvalue weighted by Crippen LogP contribution is 2.24. The molecule has 2 N–H and O–H groups in total. The number of carbonyl (C=O) groups excluding carboxylic acids is 2. The molecule has 0 spiro atoms. The van der Waals surface area contributed by atoms with Crippen molar-refractivity contribution in [1.82, 2.24) is 0 Å². The third-order valence-corrected chi connectivity index (χ3v) is 6.06. The van der Waals surface area contributed by atoms with E-state index in [2.05, 4.69) is 13.8 Å². The van der Waals surface area contributed by atoms with Gasteiger partial charge in [-0.05, 0) is 36.8 Å². The largest absolute Gasteiger partial charge is 0.478 e. The molecule has 0 radical (unpaired) electrons. The fraction of sp³-hybridized carbons (Fsp3) is 0.615. The van der Waals surface area contributed by atoms with Crippen molar-refractivity contribution in [2.24, 2.45) is 11.8 Å². The molecule has 0 aliphatic heterocycles. The normalized spacial score (nSPS) is 12.6. The molecule has 1 aromatic carbocycles. The van der Waals surface area contributed by atoms with E-state index in [-0.39, 0.29) is 30.6 Å². The quantitative estimate of drug-likeness (QED) is 0.284. The van der Waals surface area contributed by atoms with Gasteiger partial charge in [0.2, 0.25) is 0 Å². The molecule has 0 saturated heterocycles. The van der Waals surface area contributed by atoms with Crippen molar-refractivity contribution in [3.8, 4) is 0 Å². The van der Waals surface area contributed by atoms with Crippen LogP contribution in [0.4, 0.5) is 0 Å². The first kappa shape index (κ1) is 29.1. The van der Waals surface area contributed by atoms with Crippen LogP contribution in [-0.2, 0) is 9.47 Å². The van der Waals surface area contributed by atoms with Crippen LogP contribution in [0.3, 0.4) is 0 Å². The SMILES string of the molecule is CCCCC(CC)COC(=O)c1ccc(C(=O)O)c(C(=O)O)c1C(=O)OCC(CC)CCCC. The molecule has 2 unspecified atom stereocenters. The molecule has 8 nitrogen and oxygen atoms in total. The third kappa shape index (κ3) is 8.47. The number of rotatable bonds is 16. The van der Waals surface area contributed by atoms with Crippen molar-refractivity contribution in [3.63, 3.8) is 0 Å². The second-order valence-corrected chi connectivity index (χ2v) is 8.55. The minimum absolute atomic E-state index is 0.0507. The van der Waals surface area contributed by atoms with Gasteiger partial charge in [-0.1, -0.05) is 66.2 Å². The molecular formula is C26H38O8. The van der Waals surface area contributed by atoms with Crippen molar-refractivity contribution in [2.75, 3.05) is 13.2 Å². The highest BCUT2D eigenvalue weighted by molar-refractivity contribution is 6.14. The van der Waals surface area contributed by atoms with Crippen LogP contribution in [0, 0.1) is 11.8 Å². The predicted octanol–water partition coefficient (Wildman–Crippen LogP) is 5.83. The maximum absolute atomic E-state index is 13.0. The summed E-state index contributed by atoms with van der Waals surface area (Å²) in [4.78, 5) is 49.5. The van der Waals surface area contributed by atoms with Crippen LogP contribution in [0.25, 0.3) is 0 Å². The summed E-state index contributed by atoms with van der Waals surface area (Å²) in [6, 6.07) is 2.12. The number of benzene rings is 1. The first-order chi connectivity index (χ1) is 16.2. The van der Waals surface area contributed by atoms with Crippen LogP contribution in [0.5, 0.6) is 0 Å². The van der Waals surface area contributed by atoms with E-state index in [4.69, 9.17) is 9.47 Å². The first-order valence-corrected chi connectivity index (χ1v) is 12.2. The van der Waals surface area contributed by atoms with Crippen LogP contribution in [0.2, 0.25) is 0 Å². The van der Waals surface area contributed by atoms with Crippen LogP contribution in [-0.4, -0.2) is 47.3 Å². The lowest BCUT2D eigenvalue weighted by atomic mass is 9.95. The number of carbonyl (C=O) groups is 4. The fourth-order valence-corrected chi connectivity index (χ4v) is 3.72. The van der Waals surface area contributed by atoms with Gasteiger partial charge in [0, 0.05) is 0 Å². The third-order valence-electron chi connectivity index (χ3n) is 6.06. The molecule has 2 atom stereocenters. The van der Waals surface area contributed by atoms with Gasteiger partial charge < -0.3 is 19.7 Å². The van der Waals surface area contributed by atoms with Gasteiger partial charge in [-0.15, -0.1) is 0 Å². The lowest BCUT2D eigenvalue weighted by Crippen LogP contribution is -2.24. The van der Waals surface area contributed by atoms with Crippen LogP contribution >= 0.6 is 0 Å². The standard InChI is InChI=1S/C26H38O8/c1-5-9-11-17(7-3)15-33-25(31)20-14-13-19(23(27)28)21(24(29)30)22(20)26(32)34-16-18(8-4)12-10-6-2/h13-14,17-18H,5-12,15-16H2,1-4H3,(H,27,28)(H,29,30). The maximum atomic E-state index is 13.0. The van der Waals surface area contributed by atoms with Crippen molar-refractivity contribution in [1.29, 1.82) is 0 Å². The average molecular weight is 479 g/mol. The van der Waals surface area contributed by atoms with Crippen LogP contribution in [0.1, 0.15) is 120 Å². The van der Waals surface area contributed by atoms with E-state index in [9.17, 15) is 29.4 Å². The predicted molar refractivity (Wildman–Crippen MR) is 128 cm³/mol. The Bertz CT molecular complexity index is 845. The highest BCUT2D eigenvalue weighted by atomic mass is 16.5. The minimum Gasteiger partial charge on any atom is -0.478 e. The van der Waals surface area contributed by atoms with Crippen molar-refractivity contribution < 1.29 is 38.9 Å². The monoisotopic (exact) mass is 478 g/mol. The number of unbranched alkanes of at least 4 members (excludes halogenated alkanes) is 2. The van der Waals surface area contributed by atoms with Gasteiger partial charge >= 0.3 is 23.9 Å². The van der Waals surface area contributed by atoms with Gasteiger partial charge in [-0.3, -0.25) is 0 Å². The van der Waals surface area contributed by atoms with Crippen molar-refractivity contribution in [2.45, 2.75) is 79.1 Å². The number of hydrogen-bond acceptors (Lipinski definition) is 6. The lowest BCUT2D eigenvalue weighted by molar-refractivity contribution is 0.0377. The number of carboxylic acids is 2. The number of carboxylic acid groups (broad SMARTS) is 2. The molecule has 0 saturated carbocycles. The number of esters is 2. The van der Waals surface area contributed by atoms with Gasteiger partial charge in [-0.25, -0.2) is 19.2 Å². The Kier molecular flexibility index (Phi) is 12.9. The molecule has 0 heterocycles. The second kappa shape index (κ2) is 15.1. The molecule has 1 aromatic rings. The zero-order valence-electron chi connectivity index (χ0n) is 20.7. The number of hydrogen-bond donors (Lipinski definition) is 2. The Morgan fingerprint density at radius 1 is 0.706 bits per heavy atom. The Morgan fingerprint density at radius 2 is 1.18 bits per heavy atom. The Balaban J connectivity index is 3.30. The van der Waals surface area contributed by atoms with Gasteiger partial charge in [-0.2, -0.15) is 0 Å². The molecule has 0 aromatic heterocycles. The zero-order chi connectivity index (χ0) is 25.7. The van der Waals surface area contributed by atoms with Crippen molar-refractivity contribution >= 4 is 23.9 Å². The molecular weight excluding hydrogens is 440 g/mol. The molecule has 0 amide bonds. The summed E-state index contributed by atoms with van der Waals surface area (Å²) < 4.78 is 10.8. The maximum Gasteiger partial charge on any atom is 0.339 e. The molecule has 1 rings (SSSR count). The molecule has 0 aliphatic carbocycles. The molecule has 0 aliphatic rings. The zero-order valence-corrected chi connectivity index (χ0v) is 20.7. The summed E-state index contributed by atoms with van der Waals surface area (Å²) in [5, 5.41) is 19.2. The topological polar surface area (TPSA) is 127 Å². The Labute approximate surface area is 201 Å². The molecule has 0 fully saturated rings. The van der Waals surface area contributed by atoms with E-state index < -0.39 is 40.6 Å². The highest BCUT2D eigenvalue weighted by Gasteiger charge is 2.31. The minimum atomic E-state index is -1.63.